The normalized spacial score (nSPS) is 17.0. The highest BCUT2D eigenvalue weighted by Gasteiger charge is 2.29. The third-order valence-corrected chi connectivity index (χ3v) is 3.26. The summed E-state index contributed by atoms with van der Waals surface area (Å²) < 4.78 is 5.69. The zero-order valence-electron chi connectivity index (χ0n) is 11.6. The van der Waals surface area contributed by atoms with Crippen LogP contribution in [0.2, 0.25) is 0 Å². The third-order valence-electron chi connectivity index (χ3n) is 3.26. The number of amides is 1. The topological polar surface area (TPSA) is 105 Å². The fourth-order valence-corrected chi connectivity index (χ4v) is 2.23. The number of carbonyl (C=O) groups excluding carboxylic acids is 1. The average molecular weight is 296 g/mol. The van der Waals surface area contributed by atoms with E-state index in [4.69, 9.17) is 10.00 Å². The first kappa shape index (κ1) is 13.9. The molecule has 1 aliphatic rings. The minimum atomic E-state index is -0.218. The average Bonchev–Trinajstić information content (AvgIpc) is 3.04. The molecule has 8 heteroatoms. The molecule has 22 heavy (non-hydrogen) atoms. The number of carbonyl (C=O) groups is 1. The molecule has 1 atom stereocenters. The molecular weight excluding hydrogens is 284 g/mol. The van der Waals surface area contributed by atoms with Crippen LogP contribution in [0.5, 0.6) is 5.88 Å². The number of likely N-dealkylation sites (tertiary alicyclic amines) is 1. The predicted molar refractivity (Wildman–Crippen MR) is 73.7 cm³/mol. The molecule has 0 aromatic carbocycles. The Balaban J connectivity index is 1.66. The molecule has 1 saturated heterocycles. The standard InChI is InChI=1S/C14H12N6O2/c15-7-11-13(19-5-4-17-11)22-10-1-6-20(9-10)14(21)12-8-16-2-3-18-12/h2-5,8,10H,1,6,9H2/t10-/m0/s1. The lowest BCUT2D eigenvalue weighted by molar-refractivity contribution is 0.0764. The molecule has 1 aliphatic heterocycles. The summed E-state index contributed by atoms with van der Waals surface area (Å²) in [6.07, 6.45) is 7.78. The summed E-state index contributed by atoms with van der Waals surface area (Å²) in [4.78, 5) is 29.7. The van der Waals surface area contributed by atoms with Gasteiger partial charge in [0.1, 0.15) is 17.9 Å². The van der Waals surface area contributed by atoms with Gasteiger partial charge in [-0.2, -0.15) is 5.26 Å². The van der Waals surface area contributed by atoms with Crippen molar-refractivity contribution in [1.29, 1.82) is 5.26 Å². The molecule has 0 unspecified atom stereocenters. The Morgan fingerprint density at radius 3 is 2.86 bits per heavy atom. The van der Waals surface area contributed by atoms with Gasteiger partial charge in [-0.3, -0.25) is 9.78 Å². The van der Waals surface area contributed by atoms with Gasteiger partial charge < -0.3 is 9.64 Å². The first-order valence-corrected chi connectivity index (χ1v) is 6.71. The van der Waals surface area contributed by atoms with Crippen LogP contribution in [-0.2, 0) is 0 Å². The molecule has 0 bridgehead atoms. The van der Waals surface area contributed by atoms with E-state index < -0.39 is 0 Å². The third kappa shape index (κ3) is 2.83. The second-order valence-corrected chi connectivity index (χ2v) is 4.69. The van der Waals surface area contributed by atoms with Crippen molar-refractivity contribution in [1.82, 2.24) is 24.8 Å². The first-order chi connectivity index (χ1) is 10.8. The second-order valence-electron chi connectivity index (χ2n) is 4.69. The van der Waals surface area contributed by atoms with E-state index in [1.807, 2.05) is 6.07 Å². The van der Waals surface area contributed by atoms with E-state index in [2.05, 4.69) is 19.9 Å². The maximum Gasteiger partial charge on any atom is 0.274 e. The van der Waals surface area contributed by atoms with Gasteiger partial charge in [-0.15, -0.1) is 0 Å². The molecule has 0 saturated carbocycles. The van der Waals surface area contributed by atoms with Crippen LogP contribution in [0.15, 0.2) is 31.0 Å². The minimum Gasteiger partial charge on any atom is -0.470 e. The zero-order valence-corrected chi connectivity index (χ0v) is 11.6. The van der Waals surface area contributed by atoms with Crippen molar-refractivity contribution in [3.05, 3.63) is 42.4 Å². The Kier molecular flexibility index (Phi) is 3.87. The summed E-state index contributed by atoms with van der Waals surface area (Å²) in [5.74, 6) is 0.0163. The van der Waals surface area contributed by atoms with Crippen molar-refractivity contribution < 1.29 is 9.53 Å². The van der Waals surface area contributed by atoms with Gasteiger partial charge in [0.15, 0.2) is 0 Å². The number of aromatic nitrogens is 4. The molecule has 3 rings (SSSR count). The fourth-order valence-electron chi connectivity index (χ4n) is 2.23. The van der Waals surface area contributed by atoms with E-state index in [1.165, 1.54) is 31.0 Å². The largest absolute Gasteiger partial charge is 0.470 e. The fraction of sp³-hybridized carbons (Fsp3) is 0.286. The smallest absolute Gasteiger partial charge is 0.274 e. The summed E-state index contributed by atoms with van der Waals surface area (Å²) >= 11 is 0. The predicted octanol–water partition coefficient (Wildman–Crippen LogP) is 0.432. The highest BCUT2D eigenvalue weighted by molar-refractivity contribution is 5.92. The molecule has 0 N–H and O–H groups in total. The first-order valence-electron chi connectivity index (χ1n) is 6.71. The summed E-state index contributed by atoms with van der Waals surface area (Å²) in [6, 6.07) is 1.93. The van der Waals surface area contributed by atoms with E-state index in [0.717, 1.165) is 0 Å². The van der Waals surface area contributed by atoms with E-state index in [9.17, 15) is 4.79 Å². The van der Waals surface area contributed by atoms with Gasteiger partial charge in [0.2, 0.25) is 5.69 Å². The molecule has 1 amide bonds. The van der Waals surface area contributed by atoms with Gasteiger partial charge in [-0.1, -0.05) is 0 Å². The molecule has 2 aromatic heterocycles. The SMILES string of the molecule is N#Cc1nccnc1O[C@H]1CCN(C(=O)c2cnccn2)C1. The van der Waals surface area contributed by atoms with Gasteiger partial charge in [0, 0.05) is 37.8 Å². The van der Waals surface area contributed by atoms with Crippen molar-refractivity contribution in [3.63, 3.8) is 0 Å². The van der Waals surface area contributed by atoms with Gasteiger partial charge in [-0.25, -0.2) is 15.0 Å². The van der Waals surface area contributed by atoms with Crippen LogP contribution in [0.4, 0.5) is 0 Å². The number of nitriles is 1. The van der Waals surface area contributed by atoms with Gasteiger partial charge in [0.05, 0.1) is 12.7 Å². The monoisotopic (exact) mass is 296 g/mol. The molecule has 0 aliphatic carbocycles. The van der Waals surface area contributed by atoms with Crippen LogP contribution in [0.25, 0.3) is 0 Å². The lowest BCUT2D eigenvalue weighted by atomic mass is 10.3. The van der Waals surface area contributed by atoms with Gasteiger partial charge >= 0.3 is 0 Å². The van der Waals surface area contributed by atoms with Crippen molar-refractivity contribution in [2.24, 2.45) is 0 Å². The highest BCUT2D eigenvalue weighted by Crippen LogP contribution is 2.19. The number of hydrogen-bond donors (Lipinski definition) is 0. The van der Waals surface area contributed by atoms with Gasteiger partial charge in [-0.05, 0) is 0 Å². The minimum absolute atomic E-state index is 0.140. The van der Waals surface area contributed by atoms with Crippen LogP contribution in [0.3, 0.4) is 0 Å². The van der Waals surface area contributed by atoms with Crippen LogP contribution in [0, 0.1) is 11.3 Å². The second kappa shape index (κ2) is 6.13. The molecular formula is C14H12N6O2. The summed E-state index contributed by atoms with van der Waals surface area (Å²) in [5.41, 5.74) is 0.446. The van der Waals surface area contributed by atoms with Crippen molar-refractivity contribution >= 4 is 5.91 Å². The molecule has 1 fully saturated rings. The van der Waals surface area contributed by atoms with Crippen LogP contribution >= 0.6 is 0 Å². The Morgan fingerprint density at radius 1 is 1.27 bits per heavy atom. The number of nitrogens with zero attached hydrogens (tertiary/aromatic N) is 6. The molecule has 8 nitrogen and oxygen atoms in total. The number of hydrogen-bond acceptors (Lipinski definition) is 7. The van der Waals surface area contributed by atoms with E-state index >= 15 is 0 Å². The summed E-state index contributed by atoms with van der Waals surface area (Å²) in [5, 5.41) is 8.97. The maximum atomic E-state index is 12.3. The zero-order chi connectivity index (χ0) is 15.4. The number of rotatable bonds is 3. The van der Waals surface area contributed by atoms with Crippen molar-refractivity contribution in [2.75, 3.05) is 13.1 Å². The molecule has 2 aromatic rings. The maximum absolute atomic E-state index is 12.3. The van der Waals surface area contributed by atoms with Crippen molar-refractivity contribution in [3.8, 4) is 11.9 Å². The summed E-state index contributed by atoms with van der Waals surface area (Å²) in [7, 11) is 0. The lowest BCUT2D eigenvalue weighted by Gasteiger charge is -2.16. The number of ether oxygens (including phenoxy) is 1. The summed E-state index contributed by atoms with van der Waals surface area (Å²) in [6.45, 7) is 0.971. The van der Waals surface area contributed by atoms with E-state index in [1.54, 1.807) is 4.90 Å². The van der Waals surface area contributed by atoms with Crippen molar-refractivity contribution in [2.45, 2.75) is 12.5 Å². The highest BCUT2D eigenvalue weighted by atomic mass is 16.5. The van der Waals surface area contributed by atoms with Crippen LogP contribution in [-0.4, -0.2) is 49.9 Å². The Hall–Kier alpha value is -3.08. The Labute approximate surface area is 126 Å². The van der Waals surface area contributed by atoms with Crippen LogP contribution < -0.4 is 4.74 Å². The molecule has 110 valence electrons. The Morgan fingerprint density at radius 2 is 2.09 bits per heavy atom. The molecule has 0 radical (unpaired) electrons. The lowest BCUT2D eigenvalue weighted by Crippen LogP contribution is -2.31. The van der Waals surface area contributed by atoms with Gasteiger partial charge in [0.25, 0.3) is 11.8 Å². The van der Waals surface area contributed by atoms with E-state index in [-0.39, 0.29) is 23.6 Å². The van der Waals surface area contributed by atoms with E-state index in [0.29, 0.717) is 25.2 Å². The van der Waals surface area contributed by atoms with Crippen LogP contribution in [0.1, 0.15) is 22.6 Å². The Bertz CT molecular complexity index is 715. The molecule has 3 heterocycles. The molecule has 0 spiro atoms. The quantitative estimate of drug-likeness (QED) is 0.808.